The first kappa shape index (κ1) is 22.7. The van der Waals surface area contributed by atoms with Crippen LogP contribution >= 0.6 is 0 Å². The maximum absolute atomic E-state index is 14.4. The van der Waals surface area contributed by atoms with Gasteiger partial charge in [-0.25, -0.2) is 4.39 Å². The number of fused-ring (bicyclic) bond motifs is 7. The Bertz CT molecular complexity index is 2230. The molecule has 2 nitrogen and oxygen atoms in total. The van der Waals surface area contributed by atoms with Gasteiger partial charge in [0.1, 0.15) is 5.82 Å². The topological polar surface area (TPSA) is 17.0 Å². The third-order valence-electron chi connectivity index (χ3n) is 8.99. The number of aryl methyl sites for hydroxylation is 1. The van der Waals surface area contributed by atoms with Crippen molar-refractivity contribution in [3.8, 4) is 27.9 Å². The van der Waals surface area contributed by atoms with Crippen molar-refractivity contribution in [1.29, 1.82) is 0 Å². The maximum atomic E-state index is 14.4. The van der Waals surface area contributed by atoms with Gasteiger partial charge in [0.05, 0.1) is 5.52 Å². The number of halogens is 1. The van der Waals surface area contributed by atoms with Crippen molar-refractivity contribution in [3.63, 3.8) is 0 Å². The van der Waals surface area contributed by atoms with E-state index in [1.165, 1.54) is 61.0 Å². The van der Waals surface area contributed by atoms with Gasteiger partial charge in [-0.15, -0.1) is 0 Å². The summed E-state index contributed by atoms with van der Waals surface area (Å²) in [6, 6.07) is 42.0. The van der Waals surface area contributed by atoms with Crippen LogP contribution in [-0.2, 0) is 0 Å². The molecule has 0 atom stereocenters. The van der Waals surface area contributed by atoms with Crippen molar-refractivity contribution in [2.24, 2.45) is 0 Å². The van der Waals surface area contributed by atoms with E-state index in [4.69, 9.17) is 0 Å². The van der Waals surface area contributed by atoms with Crippen LogP contribution < -0.4 is 21.7 Å². The van der Waals surface area contributed by atoms with Gasteiger partial charge in [-0.1, -0.05) is 91.0 Å². The predicted octanol–water partition coefficient (Wildman–Crippen LogP) is 7.45. The molecule has 0 saturated carbocycles. The van der Waals surface area contributed by atoms with Crippen LogP contribution in [0.2, 0.25) is 0 Å². The van der Waals surface area contributed by atoms with Crippen molar-refractivity contribution in [3.05, 3.63) is 133 Å². The van der Waals surface area contributed by atoms with Crippen molar-refractivity contribution < 1.29 is 4.39 Å². The van der Waals surface area contributed by atoms with Gasteiger partial charge in [0.15, 0.2) is 0 Å². The minimum atomic E-state index is -0.231. The normalized spacial score (nSPS) is 12.8. The number of aromatic nitrogens is 1. The summed E-state index contributed by atoms with van der Waals surface area (Å²) in [7, 11) is 0. The number of benzene rings is 6. The van der Waals surface area contributed by atoms with Crippen molar-refractivity contribution in [1.82, 2.24) is 4.57 Å². The molecule has 7 aromatic rings. The Hall–Kier alpha value is -5.09. The average Bonchev–Trinajstić information content (AvgIpc) is 3.34. The predicted molar refractivity (Wildman–Crippen MR) is 171 cm³/mol. The highest BCUT2D eigenvalue weighted by Crippen LogP contribution is 2.40. The minimum Gasteiger partial charge on any atom is -0.356 e. The molecule has 6 aromatic carbocycles. The molecule has 0 unspecified atom stereocenters. The molecule has 1 aromatic heterocycles. The van der Waals surface area contributed by atoms with Crippen LogP contribution in [0.25, 0.3) is 49.7 Å². The summed E-state index contributed by atoms with van der Waals surface area (Å²) in [4.78, 5) is 0. The number of hydrogen-bond acceptors (Lipinski definition) is 1. The molecule has 0 radical (unpaired) electrons. The van der Waals surface area contributed by atoms with Crippen LogP contribution in [0.5, 0.6) is 0 Å². The molecule has 9 rings (SSSR count). The maximum Gasteiger partial charge on any atom is 0.252 e. The second kappa shape index (κ2) is 8.22. The molecule has 4 heteroatoms. The highest BCUT2D eigenvalue weighted by molar-refractivity contribution is 7.00. The number of nitrogens with one attached hydrogen (secondary N) is 1. The van der Waals surface area contributed by atoms with Gasteiger partial charge in [-0.05, 0) is 75.9 Å². The van der Waals surface area contributed by atoms with Crippen LogP contribution in [0, 0.1) is 12.7 Å². The Balaban J connectivity index is 1.43. The van der Waals surface area contributed by atoms with Gasteiger partial charge in [0.2, 0.25) is 0 Å². The standard InChI is InChI=1S/C37H24BFN2/c1-22-9-2-3-12-26(22)28-14-7-16-30-36(28)40-32-20-24(23-10-6-11-25(39)19-23)21-34-35(32)38(30)31-17-8-15-29-27-13-4-5-18-33(27)41(34)37(29)31/h2-21,40H,1H3. The zero-order chi connectivity index (χ0) is 27.2. The number of nitrogens with zero attached hydrogens (tertiary/aromatic N) is 1. The number of hydrogen-bond donors (Lipinski definition) is 1. The third kappa shape index (κ3) is 3.07. The molecule has 41 heavy (non-hydrogen) atoms. The number of anilines is 2. The lowest BCUT2D eigenvalue weighted by Gasteiger charge is -2.35. The largest absolute Gasteiger partial charge is 0.356 e. The van der Waals surface area contributed by atoms with E-state index in [0.717, 1.165) is 28.2 Å². The lowest BCUT2D eigenvalue weighted by molar-refractivity contribution is 0.628. The Morgan fingerprint density at radius 1 is 0.659 bits per heavy atom. The third-order valence-corrected chi connectivity index (χ3v) is 8.99. The lowest BCUT2D eigenvalue weighted by Crippen LogP contribution is -2.59. The monoisotopic (exact) mass is 526 g/mol. The van der Waals surface area contributed by atoms with Gasteiger partial charge in [-0.3, -0.25) is 0 Å². The van der Waals surface area contributed by atoms with Gasteiger partial charge in [-0.2, -0.15) is 0 Å². The van der Waals surface area contributed by atoms with Crippen molar-refractivity contribution in [2.45, 2.75) is 6.92 Å². The fourth-order valence-corrected chi connectivity index (χ4v) is 7.26. The second-order valence-electron chi connectivity index (χ2n) is 11.2. The van der Waals surface area contributed by atoms with Crippen molar-refractivity contribution >= 4 is 56.3 Å². The van der Waals surface area contributed by atoms with Gasteiger partial charge < -0.3 is 9.88 Å². The van der Waals surface area contributed by atoms with Crippen molar-refractivity contribution in [2.75, 3.05) is 5.32 Å². The van der Waals surface area contributed by atoms with E-state index in [0.29, 0.717) is 0 Å². The van der Waals surface area contributed by atoms with E-state index in [9.17, 15) is 4.39 Å². The number of rotatable bonds is 2. The van der Waals surface area contributed by atoms with E-state index >= 15 is 0 Å². The SMILES string of the molecule is Cc1ccccc1-c1cccc2c1Nc1cc(-c3cccc(F)c3)cc3c1B2c1cccc2c4ccccc4n-3c12. The molecule has 0 amide bonds. The summed E-state index contributed by atoms with van der Waals surface area (Å²) in [6.45, 7) is 2.24. The smallest absolute Gasteiger partial charge is 0.252 e. The molecule has 0 aliphatic carbocycles. The van der Waals surface area contributed by atoms with Crippen LogP contribution in [0.4, 0.5) is 15.8 Å². The Labute approximate surface area is 237 Å². The Morgan fingerprint density at radius 2 is 1.41 bits per heavy atom. The summed E-state index contributed by atoms with van der Waals surface area (Å²) in [6.07, 6.45) is 0. The lowest BCUT2D eigenvalue weighted by atomic mass is 9.34. The van der Waals surface area contributed by atoms with E-state index in [1.807, 2.05) is 6.07 Å². The zero-order valence-electron chi connectivity index (χ0n) is 22.4. The van der Waals surface area contributed by atoms with Crippen LogP contribution in [0.1, 0.15) is 5.56 Å². The Kier molecular flexibility index (Phi) is 4.55. The highest BCUT2D eigenvalue weighted by Gasteiger charge is 2.40. The van der Waals surface area contributed by atoms with E-state index in [1.54, 1.807) is 12.1 Å². The molecule has 192 valence electrons. The molecule has 0 bridgehead atoms. The fourth-order valence-electron chi connectivity index (χ4n) is 7.26. The van der Waals surface area contributed by atoms with Gasteiger partial charge in [0.25, 0.3) is 6.71 Å². The fraction of sp³-hybridized carbons (Fsp3) is 0.0270. The molecule has 0 fully saturated rings. The van der Waals surface area contributed by atoms with E-state index < -0.39 is 0 Å². The average molecular weight is 526 g/mol. The van der Waals surface area contributed by atoms with Gasteiger partial charge >= 0.3 is 0 Å². The quantitative estimate of drug-likeness (QED) is 0.232. The Morgan fingerprint density at radius 3 is 2.32 bits per heavy atom. The minimum absolute atomic E-state index is 0.0716. The first-order valence-corrected chi connectivity index (χ1v) is 14.1. The molecule has 1 N–H and O–H groups in total. The van der Waals surface area contributed by atoms with Crippen LogP contribution in [0.3, 0.4) is 0 Å². The molecule has 3 heterocycles. The first-order valence-electron chi connectivity index (χ1n) is 14.1. The van der Waals surface area contributed by atoms with Crippen LogP contribution in [0.15, 0.2) is 121 Å². The van der Waals surface area contributed by atoms with Gasteiger partial charge in [0, 0.05) is 38.9 Å². The first-order chi connectivity index (χ1) is 20.2. The highest BCUT2D eigenvalue weighted by atomic mass is 19.1. The second-order valence-corrected chi connectivity index (χ2v) is 11.2. The molecular formula is C37H24BFN2. The molecule has 2 aliphatic rings. The summed E-state index contributed by atoms with van der Waals surface area (Å²) >= 11 is 0. The summed E-state index contributed by atoms with van der Waals surface area (Å²) < 4.78 is 16.9. The number of para-hydroxylation sites is 3. The molecule has 2 aliphatic heterocycles. The van der Waals surface area contributed by atoms with E-state index in [2.05, 4.69) is 114 Å². The summed E-state index contributed by atoms with van der Waals surface area (Å²) in [5.41, 5.74) is 15.2. The summed E-state index contributed by atoms with van der Waals surface area (Å²) in [5.74, 6) is -0.231. The molecule has 0 spiro atoms. The summed E-state index contributed by atoms with van der Waals surface area (Å²) in [5, 5.41) is 6.40. The van der Waals surface area contributed by atoms with Crippen LogP contribution in [-0.4, -0.2) is 11.3 Å². The molecular weight excluding hydrogens is 502 g/mol. The zero-order valence-corrected chi connectivity index (χ0v) is 22.4. The van der Waals surface area contributed by atoms with E-state index in [-0.39, 0.29) is 12.5 Å². The molecule has 0 saturated heterocycles.